The lowest BCUT2D eigenvalue weighted by atomic mass is 10.1. The maximum absolute atomic E-state index is 14.0. The van der Waals surface area contributed by atoms with E-state index in [0.29, 0.717) is 22.9 Å². The third-order valence-corrected chi connectivity index (χ3v) is 4.04. The summed E-state index contributed by atoms with van der Waals surface area (Å²) in [4.78, 5) is 6.03. The van der Waals surface area contributed by atoms with Crippen molar-refractivity contribution in [1.29, 1.82) is 0 Å². The van der Waals surface area contributed by atoms with E-state index < -0.39 is 0 Å². The SMILES string of the molecule is COc1ccc(F)c(CN(C)[C@H](C)c2ccncc2)c1Cl. The first-order valence-electron chi connectivity index (χ1n) is 6.65. The molecule has 0 spiro atoms. The molecular weight excluding hydrogens is 291 g/mol. The Hall–Kier alpha value is -1.65. The largest absolute Gasteiger partial charge is 0.495 e. The summed E-state index contributed by atoms with van der Waals surface area (Å²) in [7, 11) is 3.45. The van der Waals surface area contributed by atoms with Gasteiger partial charge in [0.1, 0.15) is 11.6 Å². The van der Waals surface area contributed by atoms with Crippen molar-refractivity contribution in [2.24, 2.45) is 0 Å². The first-order valence-corrected chi connectivity index (χ1v) is 7.03. The van der Waals surface area contributed by atoms with Gasteiger partial charge < -0.3 is 4.74 Å². The summed E-state index contributed by atoms with van der Waals surface area (Å²) in [5.74, 6) is 0.160. The van der Waals surface area contributed by atoms with E-state index in [1.165, 1.54) is 19.2 Å². The molecule has 21 heavy (non-hydrogen) atoms. The molecule has 3 nitrogen and oxygen atoms in total. The molecule has 5 heteroatoms. The minimum atomic E-state index is -0.324. The number of rotatable bonds is 5. The Morgan fingerprint density at radius 1 is 1.29 bits per heavy atom. The molecule has 0 N–H and O–H groups in total. The molecule has 0 saturated carbocycles. The van der Waals surface area contributed by atoms with Gasteiger partial charge in [-0.25, -0.2) is 4.39 Å². The van der Waals surface area contributed by atoms with Crippen molar-refractivity contribution in [3.8, 4) is 5.75 Å². The normalized spacial score (nSPS) is 12.5. The molecule has 0 aliphatic carbocycles. The first kappa shape index (κ1) is 15.7. The average molecular weight is 309 g/mol. The van der Waals surface area contributed by atoms with Crippen LogP contribution in [0, 0.1) is 5.82 Å². The smallest absolute Gasteiger partial charge is 0.137 e. The number of methoxy groups -OCH3 is 1. The number of aromatic nitrogens is 1. The van der Waals surface area contributed by atoms with Crippen molar-refractivity contribution in [2.45, 2.75) is 19.5 Å². The summed E-state index contributed by atoms with van der Waals surface area (Å²) in [5, 5.41) is 0.325. The van der Waals surface area contributed by atoms with Crippen LogP contribution in [0.25, 0.3) is 0 Å². The average Bonchev–Trinajstić information content (AvgIpc) is 2.51. The number of halogens is 2. The zero-order valence-corrected chi connectivity index (χ0v) is 13.1. The fourth-order valence-corrected chi connectivity index (χ4v) is 2.45. The molecule has 1 aromatic heterocycles. The van der Waals surface area contributed by atoms with Gasteiger partial charge in [-0.15, -0.1) is 0 Å². The van der Waals surface area contributed by atoms with Gasteiger partial charge in [0.15, 0.2) is 0 Å². The molecule has 2 rings (SSSR count). The predicted molar refractivity (Wildman–Crippen MR) is 82.1 cm³/mol. The van der Waals surface area contributed by atoms with E-state index in [2.05, 4.69) is 11.9 Å². The van der Waals surface area contributed by atoms with Gasteiger partial charge >= 0.3 is 0 Å². The van der Waals surface area contributed by atoms with Crippen LogP contribution in [0.4, 0.5) is 4.39 Å². The molecule has 0 amide bonds. The highest BCUT2D eigenvalue weighted by Gasteiger charge is 2.18. The monoisotopic (exact) mass is 308 g/mol. The Labute approximate surface area is 129 Å². The van der Waals surface area contributed by atoms with E-state index >= 15 is 0 Å². The Bertz CT molecular complexity index is 607. The zero-order valence-electron chi connectivity index (χ0n) is 12.3. The number of hydrogen-bond acceptors (Lipinski definition) is 3. The number of ether oxygens (including phenoxy) is 1. The highest BCUT2D eigenvalue weighted by atomic mass is 35.5. The number of benzene rings is 1. The van der Waals surface area contributed by atoms with Crippen LogP contribution < -0.4 is 4.74 Å². The molecule has 1 aromatic carbocycles. The van der Waals surface area contributed by atoms with E-state index in [0.717, 1.165) is 5.56 Å². The molecule has 1 heterocycles. The van der Waals surface area contributed by atoms with Gasteiger partial charge in [0.25, 0.3) is 0 Å². The van der Waals surface area contributed by atoms with E-state index in [-0.39, 0.29) is 11.9 Å². The Morgan fingerprint density at radius 3 is 2.57 bits per heavy atom. The van der Waals surface area contributed by atoms with E-state index in [9.17, 15) is 4.39 Å². The van der Waals surface area contributed by atoms with Crippen LogP contribution in [0.15, 0.2) is 36.7 Å². The number of hydrogen-bond donors (Lipinski definition) is 0. The summed E-state index contributed by atoms with van der Waals surface area (Å²) < 4.78 is 19.2. The van der Waals surface area contributed by atoms with E-state index in [4.69, 9.17) is 16.3 Å². The van der Waals surface area contributed by atoms with Gasteiger partial charge in [-0.05, 0) is 43.8 Å². The van der Waals surface area contributed by atoms with Crippen molar-refractivity contribution in [3.63, 3.8) is 0 Å². The fraction of sp³-hybridized carbons (Fsp3) is 0.312. The van der Waals surface area contributed by atoms with Crippen LogP contribution in [0.3, 0.4) is 0 Å². The first-order chi connectivity index (χ1) is 10.0. The minimum absolute atomic E-state index is 0.120. The second-order valence-electron chi connectivity index (χ2n) is 4.91. The van der Waals surface area contributed by atoms with Crippen molar-refractivity contribution in [3.05, 3.63) is 58.6 Å². The van der Waals surface area contributed by atoms with Gasteiger partial charge in [-0.2, -0.15) is 0 Å². The molecule has 0 bridgehead atoms. The van der Waals surface area contributed by atoms with Gasteiger partial charge in [0.2, 0.25) is 0 Å². The molecule has 1 atom stereocenters. The lowest BCUT2D eigenvalue weighted by molar-refractivity contribution is 0.249. The quantitative estimate of drug-likeness (QED) is 0.832. The molecule has 0 radical (unpaired) electrons. The van der Waals surface area contributed by atoms with Crippen molar-refractivity contribution >= 4 is 11.6 Å². The standard InChI is InChI=1S/C16H18ClFN2O/c1-11(12-6-8-19-9-7-12)20(2)10-13-14(18)4-5-15(21-3)16(13)17/h4-9,11H,10H2,1-3H3/t11-/m1/s1. The Morgan fingerprint density at radius 2 is 1.95 bits per heavy atom. The second-order valence-corrected chi connectivity index (χ2v) is 5.29. The van der Waals surface area contributed by atoms with E-state index in [1.54, 1.807) is 12.4 Å². The van der Waals surface area contributed by atoms with Gasteiger partial charge in [-0.1, -0.05) is 11.6 Å². The van der Waals surface area contributed by atoms with Crippen molar-refractivity contribution < 1.29 is 9.13 Å². The summed E-state index contributed by atoms with van der Waals surface area (Å²) in [5.41, 5.74) is 1.56. The number of pyridine rings is 1. The Kier molecular flexibility index (Phi) is 5.15. The lowest BCUT2D eigenvalue weighted by Gasteiger charge is -2.26. The summed E-state index contributed by atoms with van der Waals surface area (Å²) in [6, 6.07) is 6.93. The molecule has 0 aliphatic heterocycles. The summed E-state index contributed by atoms with van der Waals surface area (Å²) in [6.45, 7) is 2.45. The molecule has 0 aliphatic rings. The highest BCUT2D eigenvalue weighted by molar-refractivity contribution is 6.32. The van der Waals surface area contributed by atoms with Crippen LogP contribution >= 0.6 is 11.6 Å². The van der Waals surface area contributed by atoms with Crippen LogP contribution in [0.2, 0.25) is 5.02 Å². The van der Waals surface area contributed by atoms with Crippen LogP contribution in [0.1, 0.15) is 24.1 Å². The van der Waals surface area contributed by atoms with Crippen molar-refractivity contribution in [1.82, 2.24) is 9.88 Å². The molecule has 0 saturated heterocycles. The minimum Gasteiger partial charge on any atom is -0.495 e. The van der Waals surface area contributed by atoms with Crippen molar-refractivity contribution in [2.75, 3.05) is 14.2 Å². The van der Waals surface area contributed by atoms with Gasteiger partial charge in [-0.3, -0.25) is 9.88 Å². The molecular formula is C16H18ClFN2O. The predicted octanol–water partition coefficient (Wildman–Crippen LogP) is 4.08. The van der Waals surface area contributed by atoms with Crippen LogP contribution in [0.5, 0.6) is 5.75 Å². The summed E-state index contributed by atoms with van der Waals surface area (Å²) in [6.07, 6.45) is 3.50. The third-order valence-electron chi connectivity index (χ3n) is 3.63. The summed E-state index contributed by atoms with van der Waals surface area (Å²) >= 11 is 6.21. The van der Waals surface area contributed by atoms with Gasteiger partial charge in [0, 0.05) is 30.5 Å². The molecule has 2 aromatic rings. The number of nitrogens with zero attached hydrogens (tertiary/aromatic N) is 2. The van der Waals surface area contributed by atoms with Crippen LogP contribution in [-0.2, 0) is 6.54 Å². The third kappa shape index (κ3) is 3.52. The van der Waals surface area contributed by atoms with Gasteiger partial charge in [0.05, 0.1) is 12.1 Å². The maximum Gasteiger partial charge on any atom is 0.137 e. The zero-order chi connectivity index (χ0) is 15.4. The fourth-order valence-electron chi connectivity index (χ4n) is 2.16. The van der Waals surface area contributed by atoms with E-state index in [1.807, 2.05) is 24.1 Å². The van der Waals surface area contributed by atoms with Crippen LogP contribution in [-0.4, -0.2) is 24.0 Å². The maximum atomic E-state index is 14.0. The Balaban J connectivity index is 2.22. The molecule has 0 fully saturated rings. The molecule has 0 unspecified atom stereocenters. The highest BCUT2D eigenvalue weighted by Crippen LogP contribution is 2.32. The molecule has 112 valence electrons. The topological polar surface area (TPSA) is 25.4 Å². The second kappa shape index (κ2) is 6.87. The lowest BCUT2D eigenvalue weighted by Crippen LogP contribution is -2.22.